The van der Waals surface area contributed by atoms with E-state index in [1.807, 2.05) is 39.8 Å². The summed E-state index contributed by atoms with van der Waals surface area (Å²) in [4.78, 5) is 12.4. The van der Waals surface area contributed by atoms with Gasteiger partial charge in [-0.2, -0.15) is 0 Å². The van der Waals surface area contributed by atoms with Crippen molar-refractivity contribution in [1.29, 1.82) is 0 Å². The lowest BCUT2D eigenvalue weighted by Crippen LogP contribution is -2.14. The summed E-state index contributed by atoms with van der Waals surface area (Å²) >= 11 is 0. The van der Waals surface area contributed by atoms with E-state index in [0.29, 0.717) is 5.56 Å². The van der Waals surface area contributed by atoms with Crippen LogP contribution in [-0.2, 0) is 0 Å². The fraction of sp³-hybridized carbons (Fsp3) is 0.278. The number of rotatable bonds is 2. The van der Waals surface area contributed by atoms with Crippen LogP contribution in [0.25, 0.3) is 0 Å². The quantitative estimate of drug-likeness (QED) is 0.854. The van der Waals surface area contributed by atoms with Crippen LogP contribution in [0.4, 0.5) is 5.69 Å². The van der Waals surface area contributed by atoms with Crippen molar-refractivity contribution in [2.45, 2.75) is 34.6 Å². The number of carbonyl (C=O) groups excluding carboxylic acids is 1. The molecule has 0 aliphatic carbocycles. The highest BCUT2D eigenvalue weighted by Crippen LogP contribution is 2.23. The van der Waals surface area contributed by atoms with Gasteiger partial charge in [-0.3, -0.25) is 4.79 Å². The monoisotopic (exact) mass is 267 g/mol. The molecule has 0 bridgehead atoms. The minimum absolute atomic E-state index is 0.0492. The highest BCUT2D eigenvalue weighted by atomic mass is 16.1. The summed E-state index contributed by atoms with van der Waals surface area (Å²) in [6.45, 7) is 10.1. The van der Waals surface area contributed by atoms with E-state index in [1.165, 1.54) is 5.56 Å². The first-order chi connectivity index (χ1) is 9.36. The molecule has 20 heavy (non-hydrogen) atoms. The fourth-order valence-corrected chi connectivity index (χ4v) is 2.67. The standard InChI is InChI=1S/C18H21NO/c1-11-6-12(2)10-16(9-11)18(20)19-17-14(4)7-13(3)8-15(17)5/h6-10H,1-5H3,(H,19,20). The van der Waals surface area contributed by atoms with Gasteiger partial charge in [-0.1, -0.05) is 34.9 Å². The van der Waals surface area contributed by atoms with E-state index >= 15 is 0 Å². The lowest BCUT2D eigenvalue weighted by molar-refractivity contribution is 0.102. The lowest BCUT2D eigenvalue weighted by Gasteiger charge is -2.13. The summed E-state index contributed by atoms with van der Waals surface area (Å²) in [5, 5.41) is 3.04. The number of hydrogen-bond donors (Lipinski definition) is 1. The summed E-state index contributed by atoms with van der Waals surface area (Å²) in [7, 11) is 0. The van der Waals surface area contributed by atoms with Crippen molar-refractivity contribution < 1.29 is 4.79 Å². The van der Waals surface area contributed by atoms with Gasteiger partial charge in [0.25, 0.3) is 5.91 Å². The van der Waals surface area contributed by atoms with Gasteiger partial charge in [0.1, 0.15) is 0 Å². The second-order valence-electron chi connectivity index (χ2n) is 5.60. The first kappa shape index (κ1) is 14.3. The Hall–Kier alpha value is -2.09. The zero-order valence-electron chi connectivity index (χ0n) is 12.8. The van der Waals surface area contributed by atoms with Crippen molar-refractivity contribution in [1.82, 2.24) is 0 Å². The number of hydrogen-bond acceptors (Lipinski definition) is 1. The molecule has 0 atom stereocenters. The van der Waals surface area contributed by atoms with Crippen LogP contribution in [0.3, 0.4) is 0 Å². The summed E-state index contributed by atoms with van der Waals surface area (Å²) in [5.74, 6) is -0.0492. The average Bonchev–Trinajstić information content (AvgIpc) is 2.32. The van der Waals surface area contributed by atoms with Crippen molar-refractivity contribution in [3.05, 3.63) is 63.7 Å². The van der Waals surface area contributed by atoms with E-state index in [-0.39, 0.29) is 5.91 Å². The number of carbonyl (C=O) groups is 1. The molecule has 0 saturated heterocycles. The second-order valence-corrected chi connectivity index (χ2v) is 5.60. The zero-order valence-corrected chi connectivity index (χ0v) is 12.8. The lowest BCUT2D eigenvalue weighted by atomic mass is 10.0. The van der Waals surface area contributed by atoms with Gasteiger partial charge in [0.05, 0.1) is 0 Å². The maximum absolute atomic E-state index is 12.4. The summed E-state index contributed by atoms with van der Waals surface area (Å²) in [6, 6.07) is 10.1. The molecule has 0 spiro atoms. The zero-order chi connectivity index (χ0) is 14.9. The molecule has 2 aromatic rings. The molecule has 0 fully saturated rings. The molecule has 2 heteroatoms. The van der Waals surface area contributed by atoms with E-state index in [2.05, 4.69) is 30.4 Å². The van der Waals surface area contributed by atoms with E-state index in [4.69, 9.17) is 0 Å². The van der Waals surface area contributed by atoms with Crippen LogP contribution in [0.5, 0.6) is 0 Å². The Bertz CT molecular complexity index is 628. The third-order valence-electron chi connectivity index (χ3n) is 3.40. The first-order valence-electron chi connectivity index (χ1n) is 6.84. The molecule has 0 aliphatic rings. The Morgan fingerprint density at radius 3 is 1.70 bits per heavy atom. The van der Waals surface area contributed by atoms with Crippen LogP contribution in [0.1, 0.15) is 38.2 Å². The summed E-state index contributed by atoms with van der Waals surface area (Å²) in [6.07, 6.45) is 0. The molecule has 0 heterocycles. The van der Waals surface area contributed by atoms with Crippen LogP contribution >= 0.6 is 0 Å². The summed E-state index contributed by atoms with van der Waals surface area (Å²) in [5.41, 5.74) is 7.24. The van der Waals surface area contributed by atoms with Crippen molar-refractivity contribution in [3.63, 3.8) is 0 Å². The van der Waals surface area contributed by atoms with Crippen LogP contribution in [0, 0.1) is 34.6 Å². The van der Waals surface area contributed by atoms with Crippen molar-refractivity contribution >= 4 is 11.6 Å². The van der Waals surface area contributed by atoms with Gasteiger partial charge >= 0.3 is 0 Å². The topological polar surface area (TPSA) is 29.1 Å². The van der Waals surface area contributed by atoms with E-state index < -0.39 is 0 Å². The largest absolute Gasteiger partial charge is 0.322 e. The molecule has 2 aromatic carbocycles. The molecule has 1 N–H and O–H groups in total. The Labute approximate surface area is 120 Å². The smallest absolute Gasteiger partial charge is 0.255 e. The molecule has 0 saturated carbocycles. The Kier molecular flexibility index (Phi) is 3.93. The van der Waals surface area contributed by atoms with Crippen LogP contribution < -0.4 is 5.32 Å². The van der Waals surface area contributed by atoms with E-state index in [9.17, 15) is 4.79 Å². The molecule has 0 radical (unpaired) electrons. The molecular weight excluding hydrogens is 246 g/mol. The van der Waals surface area contributed by atoms with Gasteiger partial charge in [0.2, 0.25) is 0 Å². The van der Waals surface area contributed by atoms with Crippen LogP contribution in [0.15, 0.2) is 30.3 Å². The minimum atomic E-state index is -0.0492. The summed E-state index contributed by atoms with van der Waals surface area (Å²) < 4.78 is 0. The maximum Gasteiger partial charge on any atom is 0.255 e. The Morgan fingerprint density at radius 2 is 1.20 bits per heavy atom. The fourth-order valence-electron chi connectivity index (χ4n) is 2.67. The number of nitrogens with one attached hydrogen (secondary N) is 1. The van der Waals surface area contributed by atoms with Crippen LogP contribution in [-0.4, -0.2) is 5.91 Å². The predicted molar refractivity (Wildman–Crippen MR) is 84.5 cm³/mol. The molecular formula is C18H21NO. The minimum Gasteiger partial charge on any atom is -0.322 e. The van der Waals surface area contributed by atoms with Gasteiger partial charge < -0.3 is 5.32 Å². The first-order valence-corrected chi connectivity index (χ1v) is 6.84. The van der Waals surface area contributed by atoms with Gasteiger partial charge in [-0.05, 0) is 57.9 Å². The molecule has 104 valence electrons. The molecule has 0 unspecified atom stereocenters. The van der Waals surface area contributed by atoms with Gasteiger partial charge in [-0.15, -0.1) is 0 Å². The predicted octanol–water partition coefficient (Wildman–Crippen LogP) is 4.48. The number of aryl methyl sites for hydroxylation is 5. The van der Waals surface area contributed by atoms with Gasteiger partial charge in [0, 0.05) is 11.3 Å². The van der Waals surface area contributed by atoms with E-state index in [0.717, 1.165) is 27.9 Å². The van der Waals surface area contributed by atoms with Crippen molar-refractivity contribution in [3.8, 4) is 0 Å². The number of benzene rings is 2. The molecule has 2 rings (SSSR count). The number of anilines is 1. The molecule has 2 nitrogen and oxygen atoms in total. The molecule has 0 aromatic heterocycles. The maximum atomic E-state index is 12.4. The average molecular weight is 267 g/mol. The normalized spacial score (nSPS) is 10.4. The highest BCUT2D eigenvalue weighted by molar-refractivity contribution is 6.05. The van der Waals surface area contributed by atoms with Crippen molar-refractivity contribution in [2.75, 3.05) is 5.32 Å². The third kappa shape index (κ3) is 3.08. The number of amides is 1. The second kappa shape index (κ2) is 5.49. The molecule has 0 aliphatic heterocycles. The Balaban J connectivity index is 2.32. The van der Waals surface area contributed by atoms with Gasteiger partial charge in [0.15, 0.2) is 0 Å². The van der Waals surface area contributed by atoms with Gasteiger partial charge in [-0.25, -0.2) is 0 Å². The SMILES string of the molecule is Cc1cc(C)cc(C(=O)Nc2c(C)cc(C)cc2C)c1. The van der Waals surface area contributed by atoms with Crippen molar-refractivity contribution in [2.24, 2.45) is 0 Å². The molecule has 1 amide bonds. The Morgan fingerprint density at radius 1 is 0.750 bits per heavy atom. The highest BCUT2D eigenvalue weighted by Gasteiger charge is 2.11. The van der Waals surface area contributed by atoms with Crippen LogP contribution in [0.2, 0.25) is 0 Å². The van der Waals surface area contributed by atoms with E-state index in [1.54, 1.807) is 0 Å². The third-order valence-corrected chi connectivity index (χ3v) is 3.40.